The third-order valence-corrected chi connectivity index (χ3v) is 3.28. The molecule has 0 radical (unpaired) electrons. The lowest BCUT2D eigenvalue weighted by Crippen LogP contribution is -2.07. The molecule has 0 spiro atoms. The Morgan fingerprint density at radius 3 is 2.63 bits per heavy atom. The number of aromatic hydroxyl groups is 1. The summed E-state index contributed by atoms with van der Waals surface area (Å²) in [5.74, 6) is -0.139. The molecule has 0 saturated carbocycles. The van der Waals surface area contributed by atoms with Crippen LogP contribution < -0.4 is 5.32 Å². The maximum absolute atomic E-state index is 13.2. The second kappa shape index (κ2) is 5.49. The summed E-state index contributed by atoms with van der Waals surface area (Å²) in [6.07, 6.45) is 0. The molecule has 1 unspecified atom stereocenters. The van der Waals surface area contributed by atoms with Crippen molar-refractivity contribution in [1.29, 1.82) is 0 Å². The molecule has 19 heavy (non-hydrogen) atoms. The summed E-state index contributed by atoms with van der Waals surface area (Å²) in [5, 5.41) is 13.5. The molecule has 4 heteroatoms. The maximum atomic E-state index is 13.2. The van der Waals surface area contributed by atoms with Crippen LogP contribution in [0.2, 0.25) is 5.02 Å². The average molecular weight is 280 g/mol. The Morgan fingerprint density at radius 2 is 1.95 bits per heavy atom. The first-order valence-electron chi connectivity index (χ1n) is 5.98. The predicted molar refractivity (Wildman–Crippen MR) is 76.3 cm³/mol. The second-order valence-electron chi connectivity index (χ2n) is 4.55. The van der Waals surface area contributed by atoms with Gasteiger partial charge in [-0.15, -0.1) is 0 Å². The molecule has 2 nitrogen and oxygen atoms in total. The number of nitrogens with one attached hydrogen (secondary N) is 1. The minimum atomic E-state index is -0.354. The van der Waals surface area contributed by atoms with E-state index >= 15 is 0 Å². The topological polar surface area (TPSA) is 32.3 Å². The molecule has 0 fully saturated rings. The van der Waals surface area contributed by atoms with E-state index in [-0.39, 0.29) is 17.6 Å². The molecule has 2 rings (SSSR count). The van der Waals surface area contributed by atoms with E-state index in [1.54, 1.807) is 6.07 Å². The molecule has 1 atom stereocenters. The monoisotopic (exact) mass is 279 g/mol. The van der Waals surface area contributed by atoms with E-state index in [4.69, 9.17) is 11.6 Å². The van der Waals surface area contributed by atoms with Crippen molar-refractivity contribution < 1.29 is 9.50 Å². The van der Waals surface area contributed by atoms with Crippen LogP contribution in [-0.4, -0.2) is 5.11 Å². The maximum Gasteiger partial charge on any atom is 0.125 e. The molecule has 2 aromatic rings. The molecular formula is C15H15ClFNO. The average Bonchev–Trinajstić information content (AvgIpc) is 2.33. The van der Waals surface area contributed by atoms with Crippen molar-refractivity contribution in [2.24, 2.45) is 0 Å². The molecular weight excluding hydrogens is 265 g/mol. The van der Waals surface area contributed by atoms with Crippen molar-refractivity contribution in [2.75, 3.05) is 5.32 Å². The smallest absolute Gasteiger partial charge is 0.125 e. The molecule has 0 aliphatic heterocycles. The van der Waals surface area contributed by atoms with Gasteiger partial charge in [0.25, 0.3) is 0 Å². The van der Waals surface area contributed by atoms with Gasteiger partial charge in [0, 0.05) is 5.56 Å². The molecule has 0 saturated heterocycles. The summed E-state index contributed by atoms with van der Waals surface area (Å²) >= 11 is 6.00. The largest absolute Gasteiger partial charge is 0.508 e. The molecule has 2 N–H and O–H groups in total. The van der Waals surface area contributed by atoms with E-state index in [0.717, 1.165) is 11.1 Å². The summed E-state index contributed by atoms with van der Waals surface area (Å²) in [4.78, 5) is 0. The summed E-state index contributed by atoms with van der Waals surface area (Å²) in [6.45, 7) is 3.79. The van der Waals surface area contributed by atoms with E-state index in [9.17, 15) is 9.50 Å². The van der Waals surface area contributed by atoms with Gasteiger partial charge in [-0.2, -0.15) is 0 Å². The van der Waals surface area contributed by atoms with Gasteiger partial charge in [0.2, 0.25) is 0 Å². The number of rotatable bonds is 3. The summed E-state index contributed by atoms with van der Waals surface area (Å²) in [7, 11) is 0. The van der Waals surface area contributed by atoms with Gasteiger partial charge in [0.05, 0.1) is 16.8 Å². The van der Waals surface area contributed by atoms with Gasteiger partial charge < -0.3 is 10.4 Å². The number of hydrogen-bond acceptors (Lipinski definition) is 2. The van der Waals surface area contributed by atoms with Gasteiger partial charge in [-0.05, 0) is 43.7 Å². The fraction of sp³-hybridized carbons (Fsp3) is 0.200. The SMILES string of the molecule is Cc1ccc(C(C)Nc2cc(F)ccc2Cl)c(O)c1. The van der Waals surface area contributed by atoms with E-state index in [0.29, 0.717) is 10.7 Å². The van der Waals surface area contributed by atoms with Crippen LogP contribution in [-0.2, 0) is 0 Å². The van der Waals surface area contributed by atoms with Gasteiger partial charge >= 0.3 is 0 Å². The van der Waals surface area contributed by atoms with Crippen LogP contribution in [0.5, 0.6) is 5.75 Å². The number of phenolic OH excluding ortho intramolecular Hbond substituents is 1. The third-order valence-electron chi connectivity index (χ3n) is 2.95. The number of anilines is 1. The number of halogens is 2. The molecule has 0 heterocycles. The number of benzene rings is 2. The lowest BCUT2D eigenvalue weighted by atomic mass is 10.0. The first-order valence-corrected chi connectivity index (χ1v) is 6.36. The van der Waals surface area contributed by atoms with Gasteiger partial charge in [-0.25, -0.2) is 4.39 Å². The van der Waals surface area contributed by atoms with Crippen molar-refractivity contribution in [3.05, 3.63) is 58.4 Å². The highest BCUT2D eigenvalue weighted by atomic mass is 35.5. The van der Waals surface area contributed by atoms with Crippen molar-refractivity contribution >= 4 is 17.3 Å². The fourth-order valence-electron chi connectivity index (χ4n) is 1.94. The Balaban J connectivity index is 2.25. The molecule has 2 aromatic carbocycles. The van der Waals surface area contributed by atoms with Crippen LogP contribution in [0.1, 0.15) is 24.1 Å². The van der Waals surface area contributed by atoms with Gasteiger partial charge in [0.1, 0.15) is 11.6 Å². The second-order valence-corrected chi connectivity index (χ2v) is 4.96. The van der Waals surface area contributed by atoms with Crippen molar-refractivity contribution in [3.63, 3.8) is 0 Å². The molecule has 0 bridgehead atoms. The van der Waals surface area contributed by atoms with E-state index < -0.39 is 0 Å². The van der Waals surface area contributed by atoms with Crippen LogP contribution in [0.15, 0.2) is 36.4 Å². The lowest BCUT2D eigenvalue weighted by molar-refractivity contribution is 0.465. The van der Waals surface area contributed by atoms with Crippen LogP contribution in [0.3, 0.4) is 0 Å². The van der Waals surface area contributed by atoms with Crippen LogP contribution in [0.25, 0.3) is 0 Å². The van der Waals surface area contributed by atoms with E-state index in [2.05, 4.69) is 5.32 Å². The highest BCUT2D eigenvalue weighted by Gasteiger charge is 2.12. The van der Waals surface area contributed by atoms with Crippen molar-refractivity contribution in [3.8, 4) is 5.75 Å². The Hall–Kier alpha value is -1.74. The summed E-state index contributed by atoms with van der Waals surface area (Å²) in [5.41, 5.74) is 2.23. The van der Waals surface area contributed by atoms with Gasteiger partial charge in [-0.3, -0.25) is 0 Å². The van der Waals surface area contributed by atoms with Crippen LogP contribution in [0, 0.1) is 12.7 Å². The minimum Gasteiger partial charge on any atom is -0.508 e. The Kier molecular flexibility index (Phi) is 3.96. The predicted octanol–water partition coefficient (Wildman–Crippen LogP) is 4.67. The standard InChI is InChI=1S/C15H15ClFNO/c1-9-3-5-12(15(19)7-9)10(2)18-14-8-11(17)4-6-13(14)16/h3-8,10,18-19H,1-2H3. The molecule has 0 aliphatic carbocycles. The molecule has 0 amide bonds. The fourth-order valence-corrected chi connectivity index (χ4v) is 2.11. The van der Waals surface area contributed by atoms with E-state index in [1.165, 1.54) is 18.2 Å². The molecule has 0 aliphatic rings. The normalized spacial score (nSPS) is 12.2. The summed E-state index contributed by atoms with van der Waals surface area (Å²) in [6, 6.07) is 9.42. The highest BCUT2D eigenvalue weighted by molar-refractivity contribution is 6.33. The first kappa shape index (κ1) is 13.7. The zero-order chi connectivity index (χ0) is 14.0. The Bertz CT molecular complexity index is 601. The molecule has 0 aromatic heterocycles. The summed E-state index contributed by atoms with van der Waals surface area (Å²) < 4.78 is 13.2. The van der Waals surface area contributed by atoms with Crippen molar-refractivity contribution in [1.82, 2.24) is 0 Å². The zero-order valence-electron chi connectivity index (χ0n) is 10.7. The quantitative estimate of drug-likeness (QED) is 0.856. The van der Waals surface area contributed by atoms with Crippen LogP contribution >= 0.6 is 11.6 Å². The highest BCUT2D eigenvalue weighted by Crippen LogP contribution is 2.30. The lowest BCUT2D eigenvalue weighted by Gasteiger charge is -2.18. The van der Waals surface area contributed by atoms with Crippen LogP contribution in [0.4, 0.5) is 10.1 Å². The van der Waals surface area contributed by atoms with Gasteiger partial charge in [0.15, 0.2) is 0 Å². The number of hydrogen-bond donors (Lipinski definition) is 2. The van der Waals surface area contributed by atoms with Gasteiger partial charge in [-0.1, -0.05) is 23.7 Å². The third kappa shape index (κ3) is 3.18. The van der Waals surface area contributed by atoms with Crippen molar-refractivity contribution in [2.45, 2.75) is 19.9 Å². The Morgan fingerprint density at radius 1 is 1.21 bits per heavy atom. The molecule has 100 valence electrons. The minimum absolute atomic E-state index is 0.181. The zero-order valence-corrected chi connectivity index (χ0v) is 11.5. The number of phenols is 1. The number of aryl methyl sites for hydroxylation is 1. The Labute approximate surface area is 116 Å². The first-order chi connectivity index (χ1) is 8.97. The van der Waals surface area contributed by atoms with E-state index in [1.807, 2.05) is 26.0 Å².